The molecular formula is C26H31NO4. The molecular weight excluding hydrogens is 390 g/mol. The highest BCUT2D eigenvalue weighted by molar-refractivity contribution is 5.97. The van der Waals surface area contributed by atoms with Crippen LogP contribution >= 0.6 is 0 Å². The lowest BCUT2D eigenvalue weighted by Gasteiger charge is -2.24. The van der Waals surface area contributed by atoms with Gasteiger partial charge >= 0.3 is 0 Å². The van der Waals surface area contributed by atoms with Crippen LogP contribution in [0.5, 0.6) is 0 Å². The van der Waals surface area contributed by atoms with Crippen molar-refractivity contribution in [3.05, 3.63) is 71.8 Å². The number of benzene rings is 2. The molecule has 0 unspecified atom stereocenters. The van der Waals surface area contributed by atoms with E-state index in [9.17, 15) is 14.4 Å². The van der Waals surface area contributed by atoms with Crippen molar-refractivity contribution >= 4 is 17.5 Å². The molecule has 31 heavy (non-hydrogen) atoms. The number of rotatable bonds is 11. The van der Waals surface area contributed by atoms with Gasteiger partial charge in [0, 0.05) is 18.3 Å². The second-order valence-electron chi connectivity index (χ2n) is 8.85. The maximum atomic E-state index is 13.3. The Morgan fingerprint density at radius 2 is 1.45 bits per heavy atom. The van der Waals surface area contributed by atoms with Gasteiger partial charge in [-0.1, -0.05) is 74.5 Å². The summed E-state index contributed by atoms with van der Waals surface area (Å²) in [5, 5.41) is 2.96. The fraction of sp³-hybridized carbons (Fsp3) is 0.423. The number of hydrogen-bond acceptors (Lipinski definition) is 4. The average Bonchev–Trinajstić information content (AvgIpc) is 3.52. The third-order valence-corrected chi connectivity index (χ3v) is 5.80. The van der Waals surface area contributed by atoms with E-state index < -0.39 is 17.6 Å². The van der Waals surface area contributed by atoms with Crippen molar-refractivity contribution in [3.8, 4) is 0 Å². The van der Waals surface area contributed by atoms with Crippen LogP contribution in [0.15, 0.2) is 60.7 Å². The molecule has 0 aliphatic carbocycles. The van der Waals surface area contributed by atoms with E-state index in [0.717, 1.165) is 11.1 Å². The van der Waals surface area contributed by atoms with E-state index in [1.807, 2.05) is 74.5 Å². The minimum atomic E-state index is -0.838. The summed E-state index contributed by atoms with van der Waals surface area (Å²) >= 11 is 0. The zero-order chi connectivity index (χ0) is 22.4. The standard InChI is InChI=1S/C26H31NO4/c1-18(2)23(28)16-21(14-19-10-6-4-7-11-19)25(30)27-22(24(29)26(3)17-31-26)15-20-12-8-5-9-13-20/h4-13,18,21-22H,14-17H2,1-3H3,(H,27,30)/t21-,22+,26-/m1/s1. The van der Waals surface area contributed by atoms with Gasteiger partial charge in [0.15, 0.2) is 5.78 Å². The highest BCUT2D eigenvalue weighted by atomic mass is 16.6. The first-order valence-corrected chi connectivity index (χ1v) is 10.9. The molecule has 2 aromatic rings. The molecule has 0 radical (unpaired) electrons. The topological polar surface area (TPSA) is 75.8 Å². The van der Waals surface area contributed by atoms with Gasteiger partial charge in [0.25, 0.3) is 0 Å². The number of hydrogen-bond donors (Lipinski definition) is 1. The molecule has 3 rings (SSSR count). The van der Waals surface area contributed by atoms with E-state index in [1.165, 1.54) is 0 Å². The van der Waals surface area contributed by atoms with Crippen molar-refractivity contribution in [2.75, 3.05) is 6.61 Å². The summed E-state index contributed by atoms with van der Waals surface area (Å²) in [5.74, 6) is -1.03. The zero-order valence-electron chi connectivity index (χ0n) is 18.5. The molecule has 0 spiro atoms. The molecule has 1 aliphatic rings. The number of carbonyl (C=O) groups excluding carboxylic acids is 3. The molecule has 2 aromatic carbocycles. The van der Waals surface area contributed by atoms with E-state index in [-0.39, 0.29) is 29.8 Å². The van der Waals surface area contributed by atoms with Gasteiger partial charge < -0.3 is 10.1 Å². The Kier molecular flexibility index (Phi) is 7.39. The largest absolute Gasteiger partial charge is 0.361 e. The van der Waals surface area contributed by atoms with Crippen LogP contribution in [-0.2, 0) is 32.0 Å². The second kappa shape index (κ2) is 10.0. The predicted octanol–water partition coefficient (Wildman–Crippen LogP) is 3.55. The zero-order valence-corrected chi connectivity index (χ0v) is 18.5. The van der Waals surface area contributed by atoms with E-state index in [0.29, 0.717) is 19.4 Å². The third-order valence-electron chi connectivity index (χ3n) is 5.80. The normalized spacial score (nSPS) is 19.5. The molecule has 1 heterocycles. The van der Waals surface area contributed by atoms with Crippen LogP contribution < -0.4 is 5.32 Å². The molecule has 1 saturated heterocycles. The first kappa shape index (κ1) is 22.9. The Morgan fingerprint density at radius 3 is 1.94 bits per heavy atom. The van der Waals surface area contributed by atoms with Crippen LogP contribution in [-0.4, -0.2) is 35.7 Å². The number of nitrogens with one attached hydrogen (secondary N) is 1. The van der Waals surface area contributed by atoms with E-state index in [1.54, 1.807) is 6.92 Å². The van der Waals surface area contributed by atoms with Gasteiger partial charge in [0.1, 0.15) is 11.4 Å². The summed E-state index contributed by atoms with van der Waals surface area (Å²) in [4.78, 5) is 38.8. The van der Waals surface area contributed by atoms with Crippen LogP contribution in [0, 0.1) is 11.8 Å². The lowest BCUT2D eigenvalue weighted by atomic mass is 9.89. The molecule has 1 N–H and O–H groups in total. The number of amides is 1. The Morgan fingerprint density at radius 1 is 0.935 bits per heavy atom. The van der Waals surface area contributed by atoms with E-state index in [2.05, 4.69) is 5.32 Å². The van der Waals surface area contributed by atoms with Crippen molar-refractivity contribution in [2.24, 2.45) is 11.8 Å². The smallest absolute Gasteiger partial charge is 0.224 e. The Hall–Kier alpha value is -2.79. The van der Waals surface area contributed by atoms with Gasteiger partial charge in [0.2, 0.25) is 5.91 Å². The van der Waals surface area contributed by atoms with Crippen molar-refractivity contribution in [1.82, 2.24) is 5.32 Å². The van der Waals surface area contributed by atoms with Crippen molar-refractivity contribution in [1.29, 1.82) is 0 Å². The summed E-state index contributed by atoms with van der Waals surface area (Å²) in [6, 6.07) is 18.6. The van der Waals surface area contributed by atoms with Gasteiger partial charge in [0.05, 0.1) is 12.6 Å². The fourth-order valence-corrected chi connectivity index (χ4v) is 3.60. The van der Waals surface area contributed by atoms with Crippen molar-refractivity contribution < 1.29 is 19.1 Å². The molecule has 3 atom stereocenters. The molecule has 164 valence electrons. The molecule has 0 bridgehead atoms. The molecule has 1 amide bonds. The quantitative estimate of drug-likeness (QED) is 0.563. The van der Waals surface area contributed by atoms with Gasteiger partial charge in [-0.3, -0.25) is 14.4 Å². The summed E-state index contributed by atoms with van der Waals surface area (Å²) in [6.45, 7) is 5.80. The third kappa shape index (κ3) is 6.34. The molecule has 1 aliphatic heterocycles. The average molecular weight is 422 g/mol. The van der Waals surface area contributed by atoms with Crippen LogP contribution in [0.2, 0.25) is 0 Å². The molecule has 0 saturated carbocycles. The summed E-state index contributed by atoms with van der Waals surface area (Å²) < 4.78 is 5.36. The lowest BCUT2D eigenvalue weighted by molar-refractivity contribution is -0.134. The minimum absolute atomic E-state index is 0.0412. The van der Waals surface area contributed by atoms with Gasteiger partial charge in [-0.15, -0.1) is 0 Å². The van der Waals surface area contributed by atoms with Crippen LogP contribution in [0.4, 0.5) is 0 Å². The maximum absolute atomic E-state index is 13.3. The molecule has 5 heteroatoms. The number of ether oxygens (including phenoxy) is 1. The minimum Gasteiger partial charge on any atom is -0.361 e. The van der Waals surface area contributed by atoms with Gasteiger partial charge in [-0.2, -0.15) is 0 Å². The summed E-state index contributed by atoms with van der Waals surface area (Å²) in [6.07, 6.45) is 0.990. The Bertz CT molecular complexity index is 904. The van der Waals surface area contributed by atoms with Crippen LogP contribution in [0.3, 0.4) is 0 Å². The van der Waals surface area contributed by atoms with Crippen LogP contribution in [0.1, 0.15) is 38.3 Å². The SMILES string of the molecule is CC(C)C(=O)C[C@@H](Cc1ccccc1)C(=O)N[C@@H](Cc1ccccc1)C(=O)[C@@]1(C)CO1. The molecule has 0 aromatic heterocycles. The fourth-order valence-electron chi connectivity index (χ4n) is 3.60. The second-order valence-corrected chi connectivity index (χ2v) is 8.85. The van der Waals surface area contributed by atoms with E-state index in [4.69, 9.17) is 4.74 Å². The number of carbonyl (C=O) groups is 3. The summed E-state index contributed by atoms with van der Waals surface area (Å²) in [5.41, 5.74) is 1.11. The van der Waals surface area contributed by atoms with Crippen molar-refractivity contribution in [2.45, 2.75) is 51.7 Å². The van der Waals surface area contributed by atoms with Crippen molar-refractivity contribution in [3.63, 3.8) is 0 Å². The number of Topliss-reactive ketones (excluding diaryl/α,β-unsaturated/α-hetero) is 2. The Balaban J connectivity index is 1.79. The molecule has 1 fully saturated rings. The lowest BCUT2D eigenvalue weighted by Crippen LogP contribution is -2.49. The van der Waals surface area contributed by atoms with E-state index >= 15 is 0 Å². The highest BCUT2D eigenvalue weighted by Gasteiger charge is 2.50. The highest BCUT2D eigenvalue weighted by Crippen LogP contribution is 2.29. The monoisotopic (exact) mass is 421 g/mol. The number of epoxide rings is 1. The first-order chi connectivity index (χ1) is 14.8. The molecule has 5 nitrogen and oxygen atoms in total. The summed E-state index contributed by atoms with van der Waals surface area (Å²) in [7, 11) is 0. The van der Waals surface area contributed by atoms with Gasteiger partial charge in [-0.25, -0.2) is 0 Å². The van der Waals surface area contributed by atoms with Crippen LogP contribution in [0.25, 0.3) is 0 Å². The first-order valence-electron chi connectivity index (χ1n) is 10.9. The van der Waals surface area contributed by atoms with Gasteiger partial charge in [-0.05, 0) is 30.9 Å². The maximum Gasteiger partial charge on any atom is 0.224 e. The predicted molar refractivity (Wildman–Crippen MR) is 120 cm³/mol. The Labute approximate surface area is 184 Å². The number of ketones is 2.